The highest BCUT2D eigenvalue weighted by Crippen LogP contribution is 2.44. The predicted octanol–water partition coefficient (Wildman–Crippen LogP) is 6.61. The number of anilines is 3. The number of ether oxygens (including phenoxy) is 4. The van der Waals surface area contributed by atoms with Crippen LogP contribution in [0.15, 0.2) is 91.0 Å². The van der Waals surface area contributed by atoms with Gasteiger partial charge in [-0.15, -0.1) is 0 Å². The first-order valence-corrected chi connectivity index (χ1v) is 32.1. The van der Waals surface area contributed by atoms with Crippen LogP contribution in [-0.2, 0) is 77.2 Å². The third-order valence-corrected chi connectivity index (χ3v) is 20.6. The van der Waals surface area contributed by atoms with E-state index in [9.17, 15) is 42.0 Å². The van der Waals surface area contributed by atoms with Crippen LogP contribution in [0.4, 0.5) is 17.1 Å². The lowest BCUT2D eigenvalue weighted by Gasteiger charge is -2.23. The third-order valence-electron chi connectivity index (χ3n) is 15.6. The predicted molar refractivity (Wildman–Crippen MR) is 329 cm³/mol. The third kappa shape index (κ3) is 14.9. The lowest BCUT2D eigenvalue weighted by atomic mass is 9.99. The summed E-state index contributed by atoms with van der Waals surface area (Å²) in [6.45, 7) is 2.54. The van der Waals surface area contributed by atoms with Crippen molar-refractivity contribution in [2.24, 2.45) is 0 Å². The Balaban J connectivity index is 0.813. The van der Waals surface area contributed by atoms with Gasteiger partial charge in [0.05, 0.1) is 41.0 Å². The summed E-state index contributed by atoms with van der Waals surface area (Å²) in [6, 6.07) is 28.6. The number of methoxy groups -OCH3 is 2. The highest BCUT2D eigenvalue weighted by atomic mass is 33.1. The summed E-state index contributed by atoms with van der Waals surface area (Å²) >= 11 is 0. The fourth-order valence-electron chi connectivity index (χ4n) is 11.2. The van der Waals surface area contributed by atoms with Crippen LogP contribution in [0.1, 0.15) is 100 Å². The summed E-state index contributed by atoms with van der Waals surface area (Å²) in [5.74, 6) is -1.15. The minimum atomic E-state index is -4.07. The molecule has 0 saturated heterocycles. The van der Waals surface area contributed by atoms with Crippen molar-refractivity contribution in [2.75, 3.05) is 68.9 Å². The van der Waals surface area contributed by atoms with E-state index in [0.29, 0.717) is 76.0 Å². The largest absolute Gasteiger partial charge is 0.493 e. The van der Waals surface area contributed by atoms with Crippen LogP contribution in [0.3, 0.4) is 0 Å². The van der Waals surface area contributed by atoms with Gasteiger partial charge in [0.15, 0.2) is 28.2 Å². The average molecular weight is 1230 g/mol. The van der Waals surface area contributed by atoms with Crippen molar-refractivity contribution in [2.45, 2.75) is 107 Å². The van der Waals surface area contributed by atoms with Gasteiger partial charge in [-0.1, -0.05) is 58.0 Å². The van der Waals surface area contributed by atoms with Crippen LogP contribution < -0.4 is 55.3 Å². The molecule has 3 atom stereocenters. The lowest BCUT2D eigenvalue weighted by Crippen LogP contribution is -2.43. The molecule has 0 bridgehead atoms. The van der Waals surface area contributed by atoms with Crippen molar-refractivity contribution < 1.29 is 65.1 Å². The van der Waals surface area contributed by atoms with Crippen molar-refractivity contribution in [1.29, 1.82) is 0 Å². The molecule has 0 aliphatic carbocycles. The maximum absolute atomic E-state index is 14.2. The van der Waals surface area contributed by atoms with Crippen LogP contribution in [0.25, 0.3) is 0 Å². The first-order valence-electron chi connectivity index (χ1n) is 28.3. The number of aryl methyl sites for hydroxylation is 2. The highest BCUT2D eigenvalue weighted by molar-refractivity contribution is 8.77. The number of hydrogen-bond acceptors (Lipinski definition) is 16. The van der Waals surface area contributed by atoms with E-state index < -0.39 is 69.3 Å². The highest BCUT2D eigenvalue weighted by Gasteiger charge is 2.40. The molecule has 1 unspecified atom stereocenters. The molecule has 5 N–H and O–H groups in total. The summed E-state index contributed by atoms with van der Waals surface area (Å²) in [5, 5.41) is 11.3. The van der Waals surface area contributed by atoms with Crippen LogP contribution >= 0.6 is 21.6 Å². The quantitative estimate of drug-likeness (QED) is 0.0222. The molecule has 5 aromatic rings. The van der Waals surface area contributed by atoms with Crippen LogP contribution in [-0.4, -0.2) is 126 Å². The van der Waals surface area contributed by atoms with Gasteiger partial charge in [-0.3, -0.25) is 37.7 Å². The van der Waals surface area contributed by atoms with E-state index in [4.69, 9.17) is 18.9 Å². The standard InChI is InChI=1S/C62H71N7O14S3/c1-62(2,85-84-22-20-54(59(74)63-3)86(77,78)81-6)21-19-55(70)64-32-56(71)65-33-57(72)66-34-58(73)67-43-24-37(35-82-52-28-39-15-17-44-26-41-11-7-9-13-48(41)68(44)60(75)46(39)30-50(52)79-4)23-38(25-43)36-83-53-29-40-16-18-45-27-42-12-8-10-14-49(42)69(45)61(76)47(40)31-51(53)80-5/h7-14,23-25,28-31,44-45,54H,15-22,26-27,32-36H2,1-6H3,(H,63,74)(H,64,70)(H,65,71)(H,66,72)(H,67,73)/t44-,45-,54?/m1/s1. The number of amides is 7. The Morgan fingerprint density at radius 2 is 1.13 bits per heavy atom. The molecule has 24 heteroatoms. The number of nitrogens with zero attached hydrogens (tertiary/aromatic N) is 2. The molecule has 456 valence electrons. The smallest absolute Gasteiger partial charge is 0.279 e. The second-order valence-corrected chi connectivity index (χ2v) is 26.9. The van der Waals surface area contributed by atoms with Gasteiger partial charge >= 0.3 is 0 Å². The Kier molecular flexibility index (Phi) is 20.2. The molecular weight excluding hydrogens is 1160 g/mol. The number of rotatable bonds is 26. The van der Waals surface area contributed by atoms with Crippen molar-refractivity contribution in [3.63, 3.8) is 0 Å². The van der Waals surface area contributed by atoms with Gasteiger partial charge < -0.3 is 55.3 Å². The summed E-state index contributed by atoms with van der Waals surface area (Å²) < 4.78 is 53.1. The minimum absolute atomic E-state index is 0.0101. The Bertz CT molecular complexity index is 3390. The monoisotopic (exact) mass is 1230 g/mol. The number of hydrogen-bond donors (Lipinski definition) is 5. The van der Waals surface area contributed by atoms with Crippen molar-refractivity contribution >= 4 is 90.1 Å². The summed E-state index contributed by atoms with van der Waals surface area (Å²) in [7, 11) is 4.13. The molecule has 7 amide bonds. The second-order valence-electron chi connectivity index (χ2n) is 21.9. The van der Waals surface area contributed by atoms with Crippen molar-refractivity contribution in [3.8, 4) is 23.0 Å². The van der Waals surface area contributed by atoms with E-state index >= 15 is 0 Å². The topological polar surface area (TPSA) is 266 Å². The molecule has 0 saturated carbocycles. The first-order chi connectivity index (χ1) is 41.3. The number of fused-ring (bicyclic) bond motifs is 8. The van der Waals surface area contributed by atoms with Gasteiger partial charge in [0.2, 0.25) is 29.5 Å². The zero-order valence-electron chi connectivity index (χ0n) is 48.8. The molecule has 0 radical (unpaired) electrons. The van der Waals surface area contributed by atoms with Gasteiger partial charge in [-0.25, -0.2) is 0 Å². The summed E-state index contributed by atoms with van der Waals surface area (Å²) in [5.41, 5.74) is 8.57. The Labute approximate surface area is 508 Å². The Hall–Kier alpha value is -7.80. The first kappa shape index (κ1) is 62.7. The second kappa shape index (κ2) is 27.7. The molecule has 4 aliphatic heterocycles. The molecule has 9 rings (SSSR count). The Morgan fingerprint density at radius 1 is 0.640 bits per heavy atom. The molecule has 4 heterocycles. The molecule has 21 nitrogen and oxygen atoms in total. The molecule has 0 spiro atoms. The molecule has 5 aromatic carbocycles. The molecule has 0 aromatic heterocycles. The number of nitrogens with one attached hydrogen (secondary N) is 5. The van der Waals surface area contributed by atoms with E-state index in [2.05, 4.69) is 42.9 Å². The fourth-order valence-corrected chi connectivity index (χ4v) is 15.0. The summed E-state index contributed by atoms with van der Waals surface area (Å²) in [6.07, 6.45) is 4.92. The van der Waals surface area contributed by atoms with E-state index in [1.807, 2.05) is 78.2 Å². The average Bonchev–Trinajstić information content (AvgIpc) is 1.79. The summed E-state index contributed by atoms with van der Waals surface area (Å²) in [4.78, 5) is 96.0. The molecule has 86 heavy (non-hydrogen) atoms. The number of carbonyl (C=O) groups excluding carboxylic acids is 7. The van der Waals surface area contributed by atoms with Crippen LogP contribution in [0, 0.1) is 0 Å². The maximum Gasteiger partial charge on any atom is 0.279 e. The number of carbonyl (C=O) groups is 7. The molecule has 4 aliphatic rings. The zero-order chi connectivity index (χ0) is 61.3. The lowest BCUT2D eigenvalue weighted by molar-refractivity contribution is -0.128. The van der Waals surface area contributed by atoms with Gasteiger partial charge in [-0.2, -0.15) is 8.42 Å². The molecular formula is C62H71N7O14S3. The van der Waals surface area contributed by atoms with Gasteiger partial charge in [-0.05, 0) is 153 Å². The van der Waals surface area contributed by atoms with Gasteiger partial charge in [0.25, 0.3) is 21.9 Å². The normalized spacial score (nSPS) is 16.1. The minimum Gasteiger partial charge on any atom is -0.493 e. The van der Waals surface area contributed by atoms with Crippen molar-refractivity contribution in [1.82, 2.24) is 21.3 Å². The molecule has 0 fully saturated rings. The van der Waals surface area contributed by atoms with Gasteiger partial charge in [0.1, 0.15) is 13.2 Å². The van der Waals surface area contributed by atoms with Crippen LogP contribution in [0.5, 0.6) is 23.0 Å². The zero-order valence-corrected chi connectivity index (χ0v) is 51.3. The fraction of sp³-hybridized carbons (Fsp3) is 0.403. The van der Waals surface area contributed by atoms with E-state index in [1.165, 1.54) is 42.9 Å². The van der Waals surface area contributed by atoms with E-state index in [0.717, 1.165) is 66.4 Å². The van der Waals surface area contributed by atoms with Crippen molar-refractivity contribution in [3.05, 3.63) is 136 Å². The van der Waals surface area contributed by atoms with E-state index in [1.54, 1.807) is 24.3 Å². The SMILES string of the molecule is CNC(=O)C(CCSSC(C)(C)CCC(=O)NCC(=O)NCC(=O)NCC(=O)Nc1cc(COc2cc3c(cc2OC)C(=O)N2c4ccccc4C[C@H]2CC3)cc(COc2cc3c(cc2OC)C(=O)N2c4ccccc4C[C@H]2CC3)c1)S(=O)(=O)OC. The van der Waals surface area contributed by atoms with Gasteiger partial charge in [0, 0.05) is 64.2 Å². The Morgan fingerprint density at radius 3 is 1.62 bits per heavy atom. The van der Waals surface area contributed by atoms with E-state index in [-0.39, 0.29) is 50.0 Å². The van der Waals surface area contributed by atoms with Crippen LogP contribution in [0.2, 0.25) is 0 Å². The maximum atomic E-state index is 14.2. The number of para-hydroxylation sites is 2. The number of benzene rings is 5.